The summed E-state index contributed by atoms with van der Waals surface area (Å²) >= 11 is 1.17. The first-order valence-electron chi connectivity index (χ1n) is 7.70. The number of thiophene rings is 1. The van der Waals surface area contributed by atoms with E-state index >= 15 is 0 Å². The first kappa shape index (κ1) is 17.1. The maximum atomic E-state index is 12.8. The van der Waals surface area contributed by atoms with E-state index in [0.717, 1.165) is 18.4 Å². The third-order valence-electron chi connectivity index (χ3n) is 4.03. The molecule has 2 aromatic heterocycles. The van der Waals surface area contributed by atoms with Gasteiger partial charge in [0.2, 0.25) is 10.0 Å². The van der Waals surface area contributed by atoms with Gasteiger partial charge in [0, 0.05) is 45.5 Å². The SMILES string of the molecule is CN(Cc1cnn(C)c1)C(=O)c1sccc1S(=O)(=O)N1CCCC1. The van der Waals surface area contributed by atoms with Crippen molar-refractivity contribution in [2.24, 2.45) is 7.05 Å². The van der Waals surface area contributed by atoms with Gasteiger partial charge in [-0.1, -0.05) is 0 Å². The summed E-state index contributed by atoms with van der Waals surface area (Å²) in [5.74, 6) is -0.286. The van der Waals surface area contributed by atoms with Crippen LogP contribution in [0.1, 0.15) is 28.1 Å². The molecule has 3 heterocycles. The van der Waals surface area contributed by atoms with E-state index in [4.69, 9.17) is 0 Å². The van der Waals surface area contributed by atoms with Crippen LogP contribution in [0.5, 0.6) is 0 Å². The van der Waals surface area contributed by atoms with Crippen LogP contribution in [0.3, 0.4) is 0 Å². The number of hydrogen-bond acceptors (Lipinski definition) is 5. The molecule has 2 aromatic rings. The summed E-state index contributed by atoms with van der Waals surface area (Å²) in [5, 5.41) is 5.74. The fraction of sp³-hybridized carbons (Fsp3) is 0.467. The van der Waals surface area contributed by atoms with Gasteiger partial charge < -0.3 is 4.90 Å². The molecule has 130 valence electrons. The number of hydrogen-bond donors (Lipinski definition) is 0. The smallest absolute Gasteiger partial charge is 0.265 e. The van der Waals surface area contributed by atoms with Gasteiger partial charge >= 0.3 is 0 Å². The summed E-state index contributed by atoms with van der Waals surface area (Å²) < 4.78 is 28.6. The molecule has 0 aliphatic carbocycles. The van der Waals surface area contributed by atoms with Crippen LogP contribution in [0.2, 0.25) is 0 Å². The molecule has 1 aliphatic rings. The van der Waals surface area contributed by atoms with Crippen LogP contribution in [-0.4, -0.2) is 53.4 Å². The first-order valence-corrected chi connectivity index (χ1v) is 10.0. The summed E-state index contributed by atoms with van der Waals surface area (Å²) in [6, 6.07) is 1.53. The molecule has 0 unspecified atom stereocenters. The second-order valence-corrected chi connectivity index (χ2v) is 8.73. The Morgan fingerprint density at radius 3 is 2.71 bits per heavy atom. The number of rotatable bonds is 5. The fourth-order valence-corrected chi connectivity index (χ4v) is 5.70. The van der Waals surface area contributed by atoms with Gasteiger partial charge in [0.1, 0.15) is 9.77 Å². The van der Waals surface area contributed by atoms with Gasteiger partial charge in [0.15, 0.2) is 0 Å². The summed E-state index contributed by atoms with van der Waals surface area (Å²) in [6.45, 7) is 1.43. The molecule has 0 saturated carbocycles. The average Bonchev–Trinajstić information content (AvgIpc) is 3.28. The summed E-state index contributed by atoms with van der Waals surface area (Å²) in [6.07, 6.45) is 5.27. The summed E-state index contributed by atoms with van der Waals surface area (Å²) in [4.78, 5) is 14.6. The minimum absolute atomic E-state index is 0.123. The highest BCUT2D eigenvalue weighted by molar-refractivity contribution is 7.89. The Labute approximate surface area is 145 Å². The van der Waals surface area contributed by atoms with E-state index in [2.05, 4.69) is 5.10 Å². The van der Waals surface area contributed by atoms with E-state index in [-0.39, 0.29) is 15.7 Å². The Hall–Kier alpha value is -1.71. The van der Waals surface area contributed by atoms with Crippen molar-refractivity contribution in [1.29, 1.82) is 0 Å². The van der Waals surface area contributed by atoms with Crippen LogP contribution in [0.15, 0.2) is 28.7 Å². The highest BCUT2D eigenvalue weighted by Gasteiger charge is 2.32. The van der Waals surface area contributed by atoms with E-state index in [0.29, 0.717) is 19.6 Å². The molecule has 0 atom stereocenters. The van der Waals surface area contributed by atoms with Gasteiger partial charge in [-0.25, -0.2) is 8.42 Å². The van der Waals surface area contributed by atoms with E-state index < -0.39 is 10.0 Å². The molecule has 0 spiro atoms. The van der Waals surface area contributed by atoms with Crippen LogP contribution in [0, 0.1) is 0 Å². The molecule has 0 radical (unpaired) electrons. The molecule has 3 rings (SSSR count). The van der Waals surface area contributed by atoms with Crippen molar-refractivity contribution in [1.82, 2.24) is 19.0 Å². The predicted molar refractivity (Wildman–Crippen MR) is 91.3 cm³/mol. The third kappa shape index (κ3) is 3.24. The fourth-order valence-electron chi connectivity index (χ4n) is 2.80. The van der Waals surface area contributed by atoms with Crippen molar-refractivity contribution in [3.63, 3.8) is 0 Å². The topological polar surface area (TPSA) is 75.5 Å². The lowest BCUT2D eigenvalue weighted by Gasteiger charge is -2.19. The van der Waals surface area contributed by atoms with Crippen LogP contribution in [-0.2, 0) is 23.6 Å². The van der Waals surface area contributed by atoms with E-state index in [9.17, 15) is 13.2 Å². The molecular formula is C15H20N4O3S2. The molecule has 0 bridgehead atoms. The van der Waals surface area contributed by atoms with Crippen molar-refractivity contribution < 1.29 is 13.2 Å². The number of amides is 1. The minimum atomic E-state index is -3.59. The normalized spacial score (nSPS) is 15.8. The van der Waals surface area contributed by atoms with Gasteiger partial charge in [-0.3, -0.25) is 9.48 Å². The van der Waals surface area contributed by atoms with E-state index in [1.54, 1.807) is 23.3 Å². The quantitative estimate of drug-likeness (QED) is 0.802. The lowest BCUT2D eigenvalue weighted by Crippen LogP contribution is -2.31. The first-order chi connectivity index (χ1) is 11.4. The molecule has 1 fully saturated rings. The molecule has 0 N–H and O–H groups in total. The maximum absolute atomic E-state index is 12.8. The van der Waals surface area contributed by atoms with Gasteiger partial charge in [0.25, 0.3) is 5.91 Å². The number of carbonyl (C=O) groups is 1. The van der Waals surface area contributed by atoms with Crippen molar-refractivity contribution in [2.75, 3.05) is 20.1 Å². The van der Waals surface area contributed by atoms with Crippen molar-refractivity contribution in [3.05, 3.63) is 34.3 Å². The van der Waals surface area contributed by atoms with Crippen molar-refractivity contribution in [2.45, 2.75) is 24.3 Å². The van der Waals surface area contributed by atoms with Crippen LogP contribution in [0.25, 0.3) is 0 Å². The largest absolute Gasteiger partial charge is 0.337 e. The second kappa shape index (κ2) is 6.66. The molecule has 9 heteroatoms. The molecular weight excluding hydrogens is 348 g/mol. The second-order valence-electron chi connectivity index (χ2n) is 5.91. The van der Waals surface area contributed by atoms with Gasteiger partial charge in [-0.15, -0.1) is 11.3 Å². The lowest BCUT2D eigenvalue weighted by molar-refractivity contribution is 0.0786. The number of aryl methyl sites for hydroxylation is 1. The molecule has 0 aromatic carbocycles. The van der Waals surface area contributed by atoms with E-state index in [1.165, 1.54) is 26.6 Å². The van der Waals surface area contributed by atoms with Gasteiger partial charge in [-0.2, -0.15) is 9.40 Å². The van der Waals surface area contributed by atoms with Gasteiger partial charge in [-0.05, 0) is 24.3 Å². The van der Waals surface area contributed by atoms with Crippen LogP contribution >= 0.6 is 11.3 Å². The zero-order valence-corrected chi connectivity index (χ0v) is 15.3. The molecule has 1 saturated heterocycles. The molecule has 7 nitrogen and oxygen atoms in total. The Balaban J connectivity index is 1.82. The Bertz CT molecular complexity index is 835. The number of aromatic nitrogens is 2. The zero-order valence-electron chi connectivity index (χ0n) is 13.7. The van der Waals surface area contributed by atoms with Crippen molar-refractivity contribution >= 4 is 27.3 Å². The predicted octanol–water partition coefficient (Wildman–Crippen LogP) is 1.54. The standard InChI is InChI=1S/C15H20N4O3S2/c1-17(10-12-9-16-18(2)11-12)15(20)14-13(5-8-23-14)24(21,22)19-6-3-4-7-19/h5,8-9,11H,3-4,6-7,10H2,1-2H3. The monoisotopic (exact) mass is 368 g/mol. The van der Waals surface area contributed by atoms with Crippen LogP contribution in [0.4, 0.5) is 0 Å². The number of carbonyl (C=O) groups excluding carboxylic acids is 1. The number of nitrogens with zero attached hydrogens (tertiary/aromatic N) is 4. The third-order valence-corrected chi connectivity index (χ3v) is 7.00. The maximum Gasteiger partial charge on any atom is 0.265 e. The minimum Gasteiger partial charge on any atom is -0.337 e. The highest BCUT2D eigenvalue weighted by atomic mass is 32.2. The summed E-state index contributed by atoms with van der Waals surface area (Å²) in [7, 11) is -0.115. The lowest BCUT2D eigenvalue weighted by atomic mass is 10.3. The highest BCUT2D eigenvalue weighted by Crippen LogP contribution is 2.28. The summed E-state index contributed by atoms with van der Waals surface area (Å²) in [5.41, 5.74) is 0.897. The van der Waals surface area contributed by atoms with E-state index in [1.807, 2.05) is 13.2 Å². The Morgan fingerprint density at radius 1 is 1.38 bits per heavy atom. The average molecular weight is 368 g/mol. The van der Waals surface area contributed by atoms with Crippen molar-refractivity contribution in [3.8, 4) is 0 Å². The molecule has 1 aliphatic heterocycles. The number of sulfonamides is 1. The molecule has 24 heavy (non-hydrogen) atoms. The molecule has 1 amide bonds. The van der Waals surface area contributed by atoms with Crippen LogP contribution < -0.4 is 0 Å². The zero-order chi connectivity index (χ0) is 17.3. The Morgan fingerprint density at radius 2 is 2.08 bits per heavy atom. The van der Waals surface area contributed by atoms with Gasteiger partial charge in [0.05, 0.1) is 6.20 Å². The Kier molecular flexibility index (Phi) is 4.75.